The second kappa shape index (κ2) is 8.89. The van der Waals surface area contributed by atoms with Gasteiger partial charge in [-0.1, -0.05) is 78.9 Å². The van der Waals surface area contributed by atoms with Gasteiger partial charge in [0.25, 0.3) is 0 Å². The molecule has 0 heterocycles. The van der Waals surface area contributed by atoms with Crippen LogP contribution < -0.4 is 0 Å². The Morgan fingerprint density at radius 2 is 1.28 bits per heavy atom. The van der Waals surface area contributed by atoms with Crippen LogP contribution in [0.5, 0.6) is 0 Å². The van der Waals surface area contributed by atoms with Crippen LogP contribution in [0.3, 0.4) is 0 Å². The number of thiol groups is 1. The molecular weight excluding hydrogens is 324 g/mol. The monoisotopic (exact) mass is 348 g/mol. The van der Waals surface area contributed by atoms with E-state index in [1.807, 2.05) is 30.3 Å². The minimum absolute atomic E-state index is 0.343. The lowest BCUT2D eigenvalue weighted by Crippen LogP contribution is -2.12. The molecule has 0 radical (unpaired) electrons. The van der Waals surface area contributed by atoms with Gasteiger partial charge >= 0.3 is 0 Å². The SMILES string of the molecule is OC(CCc1ccccc1)Cc1ccccc1-c1ccccc1CS. The maximum atomic E-state index is 10.5. The van der Waals surface area contributed by atoms with Crippen molar-refractivity contribution >= 4 is 12.6 Å². The highest BCUT2D eigenvalue weighted by atomic mass is 32.1. The number of rotatable bonds is 7. The Morgan fingerprint density at radius 1 is 0.720 bits per heavy atom. The number of aliphatic hydroxyl groups is 1. The third kappa shape index (κ3) is 4.75. The molecule has 0 saturated heterocycles. The summed E-state index contributed by atoms with van der Waals surface area (Å²) in [4.78, 5) is 0. The average Bonchev–Trinajstić information content (AvgIpc) is 2.67. The third-order valence-corrected chi connectivity index (χ3v) is 4.90. The van der Waals surface area contributed by atoms with Gasteiger partial charge in [-0.15, -0.1) is 0 Å². The third-order valence-electron chi connectivity index (χ3n) is 4.56. The molecule has 0 aliphatic heterocycles. The van der Waals surface area contributed by atoms with Gasteiger partial charge in [-0.05, 0) is 47.1 Å². The summed E-state index contributed by atoms with van der Waals surface area (Å²) in [6.07, 6.45) is 2.00. The van der Waals surface area contributed by atoms with Crippen LogP contribution in [0.4, 0.5) is 0 Å². The van der Waals surface area contributed by atoms with Crippen molar-refractivity contribution in [3.63, 3.8) is 0 Å². The van der Waals surface area contributed by atoms with Crippen molar-refractivity contribution in [2.75, 3.05) is 0 Å². The molecule has 3 aromatic carbocycles. The normalized spacial score (nSPS) is 12.1. The van der Waals surface area contributed by atoms with Crippen LogP contribution in [0.2, 0.25) is 0 Å². The highest BCUT2D eigenvalue weighted by molar-refractivity contribution is 7.79. The van der Waals surface area contributed by atoms with Gasteiger partial charge in [0.2, 0.25) is 0 Å². The van der Waals surface area contributed by atoms with Crippen molar-refractivity contribution in [3.8, 4) is 11.1 Å². The molecule has 0 aromatic heterocycles. The quantitative estimate of drug-likeness (QED) is 0.554. The van der Waals surface area contributed by atoms with Crippen molar-refractivity contribution in [1.29, 1.82) is 0 Å². The van der Waals surface area contributed by atoms with Crippen LogP contribution in [-0.2, 0) is 18.6 Å². The van der Waals surface area contributed by atoms with Crippen molar-refractivity contribution in [2.24, 2.45) is 0 Å². The molecule has 1 nitrogen and oxygen atoms in total. The molecule has 1 N–H and O–H groups in total. The molecule has 0 amide bonds. The van der Waals surface area contributed by atoms with E-state index in [9.17, 15) is 5.11 Å². The number of hydrogen-bond acceptors (Lipinski definition) is 2. The second-order valence-electron chi connectivity index (χ2n) is 6.35. The minimum atomic E-state index is -0.343. The molecule has 128 valence electrons. The van der Waals surface area contributed by atoms with E-state index in [4.69, 9.17) is 0 Å². The van der Waals surface area contributed by atoms with E-state index in [1.165, 1.54) is 27.8 Å². The van der Waals surface area contributed by atoms with E-state index in [-0.39, 0.29) is 6.10 Å². The summed E-state index contributed by atoms with van der Waals surface area (Å²) >= 11 is 4.46. The van der Waals surface area contributed by atoms with E-state index in [0.29, 0.717) is 12.2 Å². The van der Waals surface area contributed by atoms with Gasteiger partial charge in [0.1, 0.15) is 0 Å². The maximum absolute atomic E-state index is 10.5. The van der Waals surface area contributed by atoms with E-state index in [2.05, 4.69) is 61.2 Å². The Balaban J connectivity index is 1.75. The molecule has 2 heteroatoms. The van der Waals surface area contributed by atoms with E-state index in [1.54, 1.807) is 0 Å². The van der Waals surface area contributed by atoms with Crippen LogP contribution in [-0.4, -0.2) is 11.2 Å². The zero-order valence-corrected chi connectivity index (χ0v) is 15.2. The standard InChI is InChI=1S/C23H24OS/c24-21(15-14-18-8-2-1-3-9-18)16-19-10-4-6-12-22(19)23-13-7-5-11-20(23)17-25/h1-13,21,24-25H,14-17H2. The highest BCUT2D eigenvalue weighted by Crippen LogP contribution is 2.29. The van der Waals surface area contributed by atoms with Crippen molar-refractivity contribution in [1.82, 2.24) is 0 Å². The topological polar surface area (TPSA) is 20.2 Å². The molecule has 0 spiro atoms. The molecule has 0 saturated carbocycles. The van der Waals surface area contributed by atoms with Crippen LogP contribution in [0.1, 0.15) is 23.1 Å². The lowest BCUT2D eigenvalue weighted by Gasteiger charge is -2.16. The van der Waals surface area contributed by atoms with Gasteiger partial charge in [-0.25, -0.2) is 0 Å². The lowest BCUT2D eigenvalue weighted by atomic mass is 9.92. The highest BCUT2D eigenvalue weighted by Gasteiger charge is 2.12. The summed E-state index contributed by atoms with van der Waals surface area (Å²) in [5, 5.41) is 10.5. The van der Waals surface area contributed by atoms with E-state index >= 15 is 0 Å². The Hall–Kier alpha value is -2.03. The summed E-state index contributed by atoms with van der Waals surface area (Å²) in [5.41, 5.74) is 6.10. The Kier molecular flexibility index (Phi) is 6.32. The van der Waals surface area contributed by atoms with Crippen LogP contribution in [0.15, 0.2) is 78.9 Å². The van der Waals surface area contributed by atoms with Crippen molar-refractivity contribution < 1.29 is 5.11 Å². The van der Waals surface area contributed by atoms with Gasteiger partial charge in [-0.2, -0.15) is 12.6 Å². The fourth-order valence-corrected chi connectivity index (χ4v) is 3.49. The minimum Gasteiger partial charge on any atom is -0.393 e. The van der Waals surface area contributed by atoms with Crippen LogP contribution in [0, 0.1) is 0 Å². The number of aryl methyl sites for hydroxylation is 1. The van der Waals surface area contributed by atoms with Gasteiger partial charge in [0.05, 0.1) is 6.10 Å². The number of benzene rings is 3. The molecule has 3 rings (SSSR count). The first kappa shape index (κ1) is 17.8. The van der Waals surface area contributed by atoms with Crippen LogP contribution in [0.25, 0.3) is 11.1 Å². The maximum Gasteiger partial charge on any atom is 0.0584 e. The van der Waals surface area contributed by atoms with E-state index < -0.39 is 0 Å². The Labute approximate surface area is 155 Å². The first-order chi connectivity index (χ1) is 12.3. The molecule has 0 fully saturated rings. The fraction of sp³-hybridized carbons (Fsp3) is 0.217. The predicted octanol–water partition coefficient (Wildman–Crippen LogP) is 5.32. The summed E-state index contributed by atoms with van der Waals surface area (Å²) in [7, 11) is 0. The van der Waals surface area contributed by atoms with E-state index in [0.717, 1.165) is 12.8 Å². The van der Waals surface area contributed by atoms with Gasteiger partial charge in [0.15, 0.2) is 0 Å². The van der Waals surface area contributed by atoms with Crippen molar-refractivity contribution in [3.05, 3.63) is 95.6 Å². The molecule has 0 bridgehead atoms. The first-order valence-electron chi connectivity index (χ1n) is 8.77. The summed E-state index contributed by atoms with van der Waals surface area (Å²) in [6.45, 7) is 0. The first-order valence-corrected chi connectivity index (χ1v) is 9.40. The Bertz CT molecular complexity index is 798. The summed E-state index contributed by atoms with van der Waals surface area (Å²) in [6, 6.07) is 27.1. The lowest BCUT2D eigenvalue weighted by molar-refractivity contribution is 0.165. The van der Waals surface area contributed by atoms with Crippen molar-refractivity contribution in [2.45, 2.75) is 31.1 Å². The van der Waals surface area contributed by atoms with Crippen LogP contribution >= 0.6 is 12.6 Å². The zero-order valence-electron chi connectivity index (χ0n) is 14.3. The molecular formula is C23H24OS. The average molecular weight is 349 g/mol. The van der Waals surface area contributed by atoms with Gasteiger partial charge in [-0.3, -0.25) is 0 Å². The smallest absolute Gasteiger partial charge is 0.0584 e. The summed E-state index contributed by atoms with van der Waals surface area (Å²) < 4.78 is 0. The molecule has 1 unspecified atom stereocenters. The fourth-order valence-electron chi connectivity index (χ4n) is 3.22. The molecule has 1 atom stereocenters. The molecule has 25 heavy (non-hydrogen) atoms. The number of aliphatic hydroxyl groups excluding tert-OH is 1. The predicted molar refractivity (Wildman–Crippen MR) is 109 cm³/mol. The van der Waals surface area contributed by atoms with Gasteiger partial charge < -0.3 is 5.11 Å². The largest absolute Gasteiger partial charge is 0.393 e. The summed E-state index contributed by atoms with van der Waals surface area (Å²) in [5.74, 6) is 0.709. The van der Waals surface area contributed by atoms with Gasteiger partial charge in [0, 0.05) is 5.75 Å². The molecule has 0 aliphatic rings. The Morgan fingerprint density at radius 3 is 1.96 bits per heavy atom. The molecule has 3 aromatic rings. The zero-order chi connectivity index (χ0) is 17.5. The second-order valence-corrected chi connectivity index (χ2v) is 6.67. The molecule has 0 aliphatic carbocycles. The number of hydrogen-bond donors (Lipinski definition) is 2.